The molecule has 0 aliphatic rings. The fraction of sp³-hybridized carbons (Fsp3) is 1.00. The zero-order chi connectivity index (χ0) is 15.8. The van der Waals surface area contributed by atoms with Crippen molar-refractivity contribution in [2.24, 2.45) is 0 Å². The summed E-state index contributed by atoms with van der Waals surface area (Å²) in [6.07, 6.45) is 9.88. The third-order valence-electron chi connectivity index (χ3n) is 3.84. The molecule has 0 fully saturated rings. The van der Waals surface area contributed by atoms with Gasteiger partial charge in [-0.05, 0) is 12.8 Å². The summed E-state index contributed by atoms with van der Waals surface area (Å²) in [5, 5.41) is 0. The number of rotatable bonds is 15. The van der Waals surface area contributed by atoms with Crippen LogP contribution in [0.5, 0.6) is 0 Å². The van der Waals surface area contributed by atoms with Gasteiger partial charge in [0.05, 0.1) is 6.67 Å². The molecule has 0 unspecified atom stereocenters. The van der Waals surface area contributed by atoms with Crippen LogP contribution in [0.4, 0.5) is 17.6 Å². The van der Waals surface area contributed by atoms with Gasteiger partial charge < -0.3 is 0 Å². The van der Waals surface area contributed by atoms with E-state index in [1.807, 2.05) is 0 Å². The van der Waals surface area contributed by atoms with E-state index in [1.54, 1.807) is 0 Å². The Bertz CT molecular complexity index is 201. The quantitative estimate of drug-likeness (QED) is 0.219. The Hall–Kier alpha value is -0.280. The second kappa shape index (κ2) is 14.6. The Morgan fingerprint density at radius 2 is 0.714 bits per heavy atom. The highest BCUT2D eigenvalue weighted by atomic mass is 19.4. The van der Waals surface area contributed by atoms with Crippen molar-refractivity contribution in [3.05, 3.63) is 0 Å². The van der Waals surface area contributed by atoms with E-state index in [4.69, 9.17) is 0 Å². The van der Waals surface area contributed by atoms with Crippen molar-refractivity contribution in [1.82, 2.24) is 0 Å². The van der Waals surface area contributed by atoms with Crippen LogP contribution < -0.4 is 0 Å². The molecule has 0 aromatic rings. The van der Waals surface area contributed by atoms with Gasteiger partial charge in [0.2, 0.25) is 0 Å². The van der Waals surface area contributed by atoms with Crippen LogP contribution in [0.1, 0.15) is 96.3 Å². The molecular formula is C17H32F4. The van der Waals surface area contributed by atoms with Gasteiger partial charge in [0.15, 0.2) is 0 Å². The summed E-state index contributed by atoms with van der Waals surface area (Å²) in [5.74, 6) is 0. The molecule has 4 heteroatoms. The highest BCUT2D eigenvalue weighted by molar-refractivity contribution is 4.53. The molecule has 0 aromatic heterocycles. The average molecular weight is 312 g/mol. The maximum absolute atomic E-state index is 11.9. The third kappa shape index (κ3) is 19.7. The van der Waals surface area contributed by atoms with Crippen molar-refractivity contribution in [2.45, 2.75) is 102 Å². The van der Waals surface area contributed by atoms with E-state index in [0.717, 1.165) is 32.1 Å². The molecule has 0 atom stereocenters. The van der Waals surface area contributed by atoms with Crippen LogP contribution in [0, 0.1) is 0 Å². The van der Waals surface area contributed by atoms with E-state index in [2.05, 4.69) is 0 Å². The smallest absolute Gasteiger partial charge is 0.251 e. The van der Waals surface area contributed by atoms with E-state index >= 15 is 0 Å². The second-order valence-corrected chi connectivity index (χ2v) is 6.00. The Kier molecular flexibility index (Phi) is 14.5. The SMILES string of the molecule is FCCCCCCCCCCCCCCCCC(F)(F)F. The van der Waals surface area contributed by atoms with Gasteiger partial charge in [-0.25, -0.2) is 0 Å². The summed E-state index contributed by atoms with van der Waals surface area (Å²) in [7, 11) is 0. The van der Waals surface area contributed by atoms with Gasteiger partial charge in [-0.1, -0.05) is 77.0 Å². The zero-order valence-corrected chi connectivity index (χ0v) is 13.3. The summed E-state index contributed by atoms with van der Waals surface area (Å²) in [4.78, 5) is 0. The number of hydrogen-bond acceptors (Lipinski definition) is 0. The highest BCUT2D eigenvalue weighted by Gasteiger charge is 2.25. The molecule has 0 spiro atoms. The predicted molar refractivity (Wildman–Crippen MR) is 81.3 cm³/mol. The summed E-state index contributed by atoms with van der Waals surface area (Å²) >= 11 is 0. The molecule has 0 saturated heterocycles. The summed E-state index contributed by atoms with van der Waals surface area (Å²) < 4.78 is 47.6. The molecule has 0 bridgehead atoms. The summed E-state index contributed by atoms with van der Waals surface area (Å²) in [5.41, 5.74) is 0. The first-order valence-electron chi connectivity index (χ1n) is 8.69. The Labute approximate surface area is 127 Å². The molecule has 0 nitrogen and oxygen atoms in total. The van der Waals surface area contributed by atoms with Gasteiger partial charge >= 0.3 is 6.18 Å². The standard InChI is InChI=1S/C17H32F4/c18-16-14-12-10-8-6-4-2-1-3-5-7-9-11-13-15-17(19,20)21/h1-16H2. The van der Waals surface area contributed by atoms with Crippen molar-refractivity contribution in [1.29, 1.82) is 0 Å². The van der Waals surface area contributed by atoms with Crippen LogP contribution in [0.2, 0.25) is 0 Å². The number of halogens is 4. The van der Waals surface area contributed by atoms with E-state index < -0.39 is 12.6 Å². The van der Waals surface area contributed by atoms with Crippen molar-refractivity contribution in [2.75, 3.05) is 6.67 Å². The molecule has 21 heavy (non-hydrogen) atoms. The molecule has 0 saturated carbocycles. The van der Waals surface area contributed by atoms with Crippen LogP contribution in [-0.4, -0.2) is 12.9 Å². The van der Waals surface area contributed by atoms with E-state index in [1.165, 1.54) is 38.5 Å². The largest absolute Gasteiger partial charge is 0.389 e. The molecule has 0 amide bonds. The van der Waals surface area contributed by atoms with Crippen LogP contribution in [-0.2, 0) is 0 Å². The third-order valence-corrected chi connectivity index (χ3v) is 3.84. The molecule has 0 aliphatic carbocycles. The number of alkyl halides is 4. The lowest BCUT2D eigenvalue weighted by Crippen LogP contribution is -2.06. The highest BCUT2D eigenvalue weighted by Crippen LogP contribution is 2.23. The molecular weight excluding hydrogens is 280 g/mol. The minimum absolute atomic E-state index is 0.184. The van der Waals surface area contributed by atoms with Gasteiger partial charge in [0, 0.05) is 6.42 Å². The van der Waals surface area contributed by atoms with Crippen LogP contribution in [0.15, 0.2) is 0 Å². The predicted octanol–water partition coefficient (Wildman–Crippen LogP) is 7.37. The maximum atomic E-state index is 11.9. The molecule has 0 aliphatic heterocycles. The maximum Gasteiger partial charge on any atom is 0.389 e. The van der Waals surface area contributed by atoms with Crippen molar-refractivity contribution in [3.8, 4) is 0 Å². The topological polar surface area (TPSA) is 0 Å². The molecule has 128 valence electrons. The number of hydrogen-bond donors (Lipinski definition) is 0. The normalized spacial score (nSPS) is 12.0. The molecule has 0 radical (unpaired) electrons. The molecule has 0 heterocycles. The van der Waals surface area contributed by atoms with Gasteiger partial charge in [-0.3, -0.25) is 4.39 Å². The average Bonchev–Trinajstić information content (AvgIpc) is 2.42. The fourth-order valence-electron chi connectivity index (χ4n) is 2.54. The lowest BCUT2D eigenvalue weighted by molar-refractivity contribution is -0.135. The first kappa shape index (κ1) is 20.7. The van der Waals surface area contributed by atoms with Gasteiger partial charge in [-0.15, -0.1) is 0 Å². The monoisotopic (exact) mass is 312 g/mol. The van der Waals surface area contributed by atoms with Crippen LogP contribution in [0.25, 0.3) is 0 Å². The lowest BCUT2D eigenvalue weighted by Gasteiger charge is -2.05. The lowest BCUT2D eigenvalue weighted by atomic mass is 10.0. The van der Waals surface area contributed by atoms with Crippen molar-refractivity contribution < 1.29 is 17.6 Å². The minimum atomic E-state index is -3.98. The first-order valence-corrected chi connectivity index (χ1v) is 8.69. The van der Waals surface area contributed by atoms with Gasteiger partial charge in [0.25, 0.3) is 0 Å². The summed E-state index contributed by atoms with van der Waals surface area (Å²) in [6.45, 7) is -0.184. The summed E-state index contributed by atoms with van der Waals surface area (Å²) in [6, 6.07) is 0. The van der Waals surface area contributed by atoms with Gasteiger partial charge in [0.1, 0.15) is 0 Å². The van der Waals surface area contributed by atoms with E-state index in [9.17, 15) is 17.6 Å². The second-order valence-electron chi connectivity index (χ2n) is 6.00. The molecule has 0 N–H and O–H groups in total. The van der Waals surface area contributed by atoms with E-state index in [-0.39, 0.29) is 13.1 Å². The van der Waals surface area contributed by atoms with Crippen molar-refractivity contribution >= 4 is 0 Å². The van der Waals surface area contributed by atoms with Crippen LogP contribution in [0.3, 0.4) is 0 Å². The Morgan fingerprint density at radius 3 is 1.00 bits per heavy atom. The van der Waals surface area contributed by atoms with Gasteiger partial charge in [-0.2, -0.15) is 13.2 Å². The fourth-order valence-corrected chi connectivity index (χ4v) is 2.54. The number of unbranched alkanes of at least 4 members (excludes halogenated alkanes) is 13. The Morgan fingerprint density at radius 1 is 0.429 bits per heavy atom. The molecule has 0 aromatic carbocycles. The van der Waals surface area contributed by atoms with Crippen molar-refractivity contribution in [3.63, 3.8) is 0 Å². The van der Waals surface area contributed by atoms with Crippen LogP contribution >= 0.6 is 0 Å². The minimum Gasteiger partial charge on any atom is -0.251 e. The Balaban J connectivity index is 3.00. The zero-order valence-electron chi connectivity index (χ0n) is 13.3. The first-order chi connectivity index (χ1) is 10.1. The molecule has 0 rings (SSSR count). The van der Waals surface area contributed by atoms with E-state index in [0.29, 0.717) is 12.8 Å².